The summed E-state index contributed by atoms with van der Waals surface area (Å²) in [7, 11) is 0. The Morgan fingerprint density at radius 3 is 2.59 bits per heavy atom. The van der Waals surface area contributed by atoms with E-state index in [1.54, 1.807) is 6.92 Å². The number of benzene rings is 2. The molecule has 0 spiro atoms. The molecule has 2 aliphatic rings. The van der Waals surface area contributed by atoms with Crippen molar-refractivity contribution in [3.63, 3.8) is 0 Å². The number of aryl methyl sites for hydroxylation is 1. The summed E-state index contributed by atoms with van der Waals surface area (Å²) < 4.78 is 27.2. The molecule has 3 atom stereocenters. The van der Waals surface area contributed by atoms with Gasteiger partial charge in [0.2, 0.25) is 5.91 Å². The third kappa shape index (κ3) is 3.36. The molecule has 3 nitrogen and oxygen atoms in total. The minimum atomic E-state index is -0.550. The van der Waals surface area contributed by atoms with Gasteiger partial charge in [0, 0.05) is 50.7 Å². The Morgan fingerprint density at radius 2 is 1.89 bits per heavy atom. The van der Waals surface area contributed by atoms with E-state index in [1.807, 2.05) is 17.0 Å². The molecule has 2 aliphatic heterocycles. The second-order valence-electron chi connectivity index (χ2n) is 7.83. The van der Waals surface area contributed by atoms with Gasteiger partial charge in [-0.05, 0) is 30.0 Å². The first kappa shape index (κ1) is 18.1. The molecule has 1 amide bonds. The third-order valence-corrected chi connectivity index (χ3v) is 6.06. The number of likely N-dealkylation sites (tertiary alicyclic amines) is 2. The number of hydrogen-bond acceptors (Lipinski definition) is 2. The van der Waals surface area contributed by atoms with Crippen LogP contribution in [0.4, 0.5) is 8.78 Å². The number of carbonyl (C=O) groups is 1. The van der Waals surface area contributed by atoms with Crippen LogP contribution in [0.2, 0.25) is 0 Å². The molecule has 142 valence electrons. The summed E-state index contributed by atoms with van der Waals surface area (Å²) in [5.41, 5.74) is 2.92. The lowest BCUT2D eigenvalue weighted by Crippen LogP contribution is -2.34. The predicted molar refractivity (Wildman–Crippen MR) is 99.9 cm³/mol. The molecule has 0 saturated carbocycles. The molecule has 0 aromatic heterocycles. The summed E-state index contributed by atoms with van der Waals surface area (Å²) in [6.07, 6.45) is 0. The average Bonchev–Trinajstić information content (AvgIpc) is 3.15. The molecule has 0 radical (unpaired) electrons. The minimum absolute atomic E-state index is 0.0664. The number of hydrogen-bond donors (Lipinski definition) is 0. The lowest BCUT2D eigenvalue weighted by atomic mass is 9.87. The quantitative estimate of drug-likeness (QED) is 0.818. The monoisotopic (exact) mass is 370 g/mol. The first-order chi connectivity index (χ1) is 12.9. The van der Waals surface area contributed by atoms with Crippen LogP contribution in [0.1, 0.15) is 29.7 Å². The first-order valence-electron chi connectivity index (χ1n) is 9.43. The van der Waals surface area contributed by atoms with Gasteiger partial charge < -0.3 is 4.90 Å². The van der Waals surface area contributed by atoms with Crippen LogP contribution in [0, 0.1) is 30.4 Å². The van der Waals surface area contributed by atoms with Gasteiger partial charge in [-0.1, -0.05) is 30.3 Å². The molecule has 2 saturated heterocycles. The van der Waals surface area contributed by atoms with E-state index in [4.69, 9.17) is 0 Å². The van der Waals surface area contributed by atoms with Crippen LogP contribution >= 0.6 is 0 Å². The van der Waals surface area contributed by atoms with Gasteiger partial charge in [-0.15, -0.1) is 0 Å². The molecule has 2 fully saturated rings. The third-order valence-electron chi connectivity index (χ3n) is 6.06. The van der Waals surface area contributed by atoms with Crippen molar-refractivity contribution in [3.8, 4) is 0 Å². The zero-order valence-corrected chi connectivity index (χ0v) is 15.7. The molecule has 0 N–H and O–H groups in total. The number of fused-ring (bicyclic) bond motifs is 1. The van der Waals surface area contributed by atoms with E-state index < -0.39 is 11.6 Å². The summed E-state index contributed by atoms with van der Waals surface area (Å²) in [6, 6.07) is 12.1. The van der Waals surface area contributed by atoms with Gasteiger partial charge in [-0.3, -0.25) is 9.69 Å². The minimum Gasteiger partial charge on any atom is -0.335 e. The van der Waals surface area contributed by atoms with Crippen LogP contribution in [0.15, 0.2) is 42.5 Å². The maximum absolute atomic E-state index is 14.0. The Morgan fingerprint density at radius 1 is 1.11 bits per heavy atom. The van der Waals surface area contributed by atoms with E-state index in [0.717, 1.165) is 25.7 Å². The second kappa shape index (κ2) is 7.04. The molecular formula is C22H24F2N2O. The summed E-state index contributed by atoms with van der Waals surface area (Å²) in [6.45, 7) is 6.57. The SMILES string of the molecule is CC(=O)N1C[C@H]2CN(Cc3ccc(F)cc3F)C[C@H]2[C@H]1c1ccccc1C. The van der Waals surface area contributed by atoms with Crippen molar-refractivity contribution in [3.05, 3.63) is 70.8 Å². The summed E-state index contributed by atoms with van der Waals surface area (Å²) in [5, 5.41) is 0. The standard InChI is InChI=1S/C22H24F2N2O/c1-14-5-3-4-6-19(14)22-20-13-25(11-17(20)12-26(22)15(2)27)10-16-7-8-18(23)9-21(16)24/h3-9,17,20,22H,10-13H2,1-2H3/t17-,20-,22-/m1/s1. The van der Waals surface area contributed by atoms with E-state index >= 15 is 0 Å². The first-order valence-corrected chi connectivity index (χ1v) is 9.43. The highest BCUT2D eigenvalue weighted by Crippen LogP contribution is 2.46. The zero-order valence-electron chi connectivity index (χ0n) is 15.7. The van der Waals surface area contributed by atoms with Gasteiger partial charge in [0.1, 0.15) is 11.6 Å². The van der Waals surface area contributed by atoms with Crippen molar-refractivity contribution < 1.29 is 13.6 Å². The Bertz CT molecular complexity index is 869. The Labute approximate surface area is 158 Å². The Balaban J connectivity index is 1.57. The largest absolute Gasteiger partial charge is 0.335 e. The van der Waals surface area contributed by atoms with Crippen LogP contribution in [-0.2, 0) is 11.3 Å². The number of amides is 1. The van der Waals surface area contributed by atoms with Gasteiger partial charge in [-0.25, -0.2) is 8.78 Å². The average molecular weight is 370 g/mol. The van der Waals surface area contributed by atoms with Crippen LogP contribution < -0.4 is 0 Å². The maximum atomic E-state index is 14.0. The lowest BCUT2D eigenvalue weighted by Gasteiger charge is -2.30. The van der Waals surface area contributed by atoms with E-state index in [9.17, 15) is 13.6 Å². The van der Waals surface area contributed by atoms with Crippen molar-refractivity contribution >= 4 is 5.91 Å². The topological polar surface area (TPSA) is 23.6 Å². The van der Waals surface area contributed by atoms with Crippen molar-refractivity contribution in [2.24, 2.45) is 11.8 Å². The molecule has 2 aromatic carbocycles. The Hall–Kier alpha value is -2.27. The van der Waals surface area contributed by atoms with Crippen molar-refractivity contribution in [2.45, 2.75) is 26.4 Å². The molecule has 0 aliphatic carbocycles. The second-order valence-corrected chi connectivity index (χ2v) is 7.83. The van der Waals surface area contributed by atoms with Gasteiger partial charge in [0.05, 0.1) is 6.04 Å². The van der Waals surface area contributed by atoms with E-state index in [1.165, 1.54) is 23.3 Å². The summed E-state index contributed by atoms with van der Waals surface area (Å²) >= 11 is 0. The number of carbonyl (C=O) groups excluding carboxylic acids is 1. The van der Waals surface area contributed by atoms with Gasteiger partial charge >= 0.3 is 0 Å². The smallest absolute Gasteiger partial charge is 0.219 e. The van der Waals surface area contributed by atoms with Gasteiger partial charge in [-0.2, -0.15) is 0 Å². The number of nitrogens with zero attached hydrogens (tertiary/aromatic N) is 2. The number of rotatable bonds is 3. The van der Waals surface area contributed by atoms with E-state index in [2.05, 4.69) is 24.0 Å². The number of halogens is 2. The lowest BCUT2D eigenvalue weighted by molar-refractivity contribution is -0.130. The van der Waals surface area contributed by atoms with E-state index in [0.29, 0.717) is 23.9 Å². The van der Waals surface area contributed by atoms with Crippen LogP contribution in [0.3, 0.4) is 0 Å². The fourth-order valence-corrected chi connectivity index (χ4v) is 4.80. The maximum Gasteiger partial charge on any atom is 0.219 e. The normalized spacial score (nSPS) is 25.0. The molecule has 0 bridgehead atoms. The van der Waals surface area contributed by atoms with E-state index in [-0.39, 0.29) is 11.9 Å². The molecule has 5 heteroatoms. The van der Waals surface area contributed by atoms with Crippen LogP contribution in [0.25, 0.3) is 0 Å². The van der Waals surface area contributed by atoms with Gasteiger partial charge in [0.15, 0.2) is 0 Å². The highest BCUT2D eigenvalue weighted by atomic mass is 19.1. The van der Waals surface area contributed by atoms with Crippen molar-refractivity contribution in [1.29, 1.82) is 0 Å². The highest BCUT2D eigenvalue weighted by Gasteiger charge is 2.48. The van der Waals surface area contributed by atoms with Crippen molar-refractivity contribution in [2.75, 3.05) is 19.6 Å². The fraction of sp³-hybridized carbons (Fsp3) is 0.409. The molecular weight excluding hydrogens is 346 g/mol. The predicted octanol–water partition coefficient (Wildman–Crippen LogP) is 3.92. The molecule has 2 aromatic rings. The fourth-order valence-electron chi connectivity index (χ4n) is 4.80. The van der Waals surface area contributed by atoms with Crippen LogP contribution in [0.5, 0.6) is 0 Å². The highest BCUT2D eigenvalue weighted by molar-refractivity contribution is 5.74. The van der Waals surface area contributed by atoms with Gasteiger partial charge in [0.25, 0.3) is 0 Å². The molecule has 2 heterocycles. The molecule has 4 rings (SSSR count). The Kier molecular flexibility index (Phi) is 4.72. The molecule has 0 unspecified atom stereocenters. The zero-order chi connectivity index (χ0) is 19.1. The van der Waals surface area contributed by atoms with Crippen molar-refractivity contribution in [1.82, 2.24) is 9.80 Å². The molecule has 27 heavy (non-hydrogen) atoms. The van der Waals surface area contributed by atoms with Crippen LogP contribution in [-0.4, -0.2) is 35.3 Å². The summed E-state index contributed by atoms with van der Waals surface area (Å²) in [5.74, 6) is -0.228. The summed E-state index contributed by atoms with van der Waals surface area (Å²) in [4.78, 5) is 16.5.